The molecule has 1 spiro atoms. The fourth-order valence-corrected chi connectivity index (χ4v) is 3.96. The van der Waals surface area contributed by atoms with Gasteiger partial charge in [0.1, 0.15) is 5.69 Å². The molecule has 1 aromatic carbocycles. The van der Waals surface area contributed by atoms with Gasteiger partial charge < -0.3 is 15.2 Å². The van der Waals surface area contributed by atoms with Gasteiger partial charge in [-0.3, -0.25) is 10.1 Å². The molecule has 24 heavy (non-hydrogen) atoms. The van der Waals surface area contributed by atoms with E-state index in [1.165, 1.54) is 18.2 Å². The van der Waals surface area contributed by atoms with Gasteiger partial charge in [0.25, 0.3) is 5.69 Å². The summed E-state index contributed by atoms with van der Waals surface area (Å²) < 4.78 is 5.40. The van der Waals surface area contributed by atoms with E-state index in [1.807, 2.05) is 6.07 Å². The van der Waals surface area contributed by atoms with Gasteiger partial charge in [0.15, 0.2) is 0 Å². The van der Waals surface area contributed by atoms with Crippen molar-refractivity contribution in [1.29, 1.82) is 5.26 Å². The zero-order valence-corrected chi connectivity index (χ0v) is 13.4. The predicted octanol–water partition coefficient (Wildman–Crippen LogP) is 2.45. The Bertz CT molecular complexity index is 664. The van der Waals surface area contributed by atoms with Crippen LogP contribution in [-0.2, 0) is 4.74 Å². The van der Waals surface area contributed by atoms with Crippen LogP contribution < -0.4 is 5.32 Å². The van der Waals surface area contributed by atoms with Crippen LogP contribution in [0.2, 0.25) is 0 Å². The first kappa shape index (κ1) is 16.7. The van der Waals surface area contributed by atoms with Gasteiger partial charge in [0.05, 0.1) is 22.7 Å². The molecule has 1 aromatic rings. The van der Waals surface area contributed by atoms with Crippen molar-refractivity contribution in [1.82, 2.24) is 0 Å². The van der Waals surface area contributed by atoms with E-state index in [0.717, 1.165) is 25.7 Å². The van der Waals surface area contributed by atoms with Gasteiger partial charge in [0.2, 0.25) is 0 Å². The Morgan fingerprint density at radius 2 is 2.17 bits per heavy atom. The summed E-state index contributed by atoms with van der Waals surface area (Å²) in [5, 5.41) is 33.9. The summed E-state index contributed by atoms with van der Waals surface area (Å²) in [6.45, 7) is 1.83. The molecular weight excluding hydrogens is 310 g/mol. The Morgan fingerprint density at radius 3 is 2.83 bits per heavy atom. The number of aliphatic hydroxyl groups excluding tert-OH is 1. The number of rotatable bonds is 4. The summed E-state index contributed by atoms with van der Waals surface area (Å²) >= 11 is 0. The summed E-state index contributed by atoms with van der Waals surface area (Å²) in [5.41, 5.74) is 0.586. The van der Waals surface area contributed by atoms with Crippen molar-refractivity contribution in [3.05, 3.63) is 33.9 Å². The number of benzene rings is 1. The number of ether oxygens (including phenoxy) is 1. The number of nitro groups is 1. The van der Waals surface area contributed by atoms with Crippen LogP contribution >= 0.6 is 0 Å². The summed E-state index contributed by atoms with van der Waals surface area (Å²) in [7, 11) is 0. The molecule has 1 aliphatic carbocycles. The van der Waals surface area contributed by atoms with E-state index < -0.39 is 11.0 Å². The summed E-state index contributed by atoms with van der Waals surface area (Å²) in [5.74, 6) is 0.0495. The fraction of sp³-hybridized carbons (Fsp3) is 0.588. The lowest BCUT2D eigenvalue weighted by atomic mass is 9.76. The second-order valence-corrected chi connectivity index (χ2v) is 6.70. The van der Waals surface area contributed by atoms with Gasteiger partial charge >= 0.3 is 0 Å². The molecule has 2 aliphatic rings. The summed E-state index contributed by atoms with van der Waals surface area (Å²) in [6, 6.07) is 6.26. The van der Waals surface area contributed by atoms with Crippen molar-refractivity contribution in [2.75, 3.05) is 25.1 Å². The highest BCUT2D eigenvalue weighted by Gasteiger charge is 2.48. The zero-order valence-electron chi connectivity index (χ0n) is 13.4. The minimum Gasteiger partial charge on any atom is -0.392 e. The van der Waals surface area contributed by atoms with E-state index in [-0.39, 0.29) is 17.0 Å². The van der Waals surface area contributed by atoms with Crippen LogP contribution in [0.25, 0.3) is 0 Å². The monoisotopic (exact) mass is 331 g/mol. The molecule has 0 amide bonds. The fourth-order valence-electron chi connectivity index (χ4n) is 3.96. The van der Waals surface area contributed by atoms with Gasteiger partial charge in [-0.2, -0.15) is 5.26 Å². The van der Waals surface area contributed by atoms with E-state index in [1.54, 1.807) is 0 Å². The van der Waals surface area contributed by atoms with Crippen LogP contribution in [0, 0.1) is 32.8 Å². The number of hydrogen-bond donors (Lipinski definition) is 2. The molecule has 1 saturated heterocycles. The van der Waals surface area contributed by atoms with Crippen LogP contribution in [0.3, 0.4) is 0 Å². The second kappa shape index (κ2) is 6.75. The topological polar surface area (TPSA) is 108 Å². The third-order valence-electron chi connectivity index (χ3n) is 5.45. The molecule has 0 radical (unpaired) electrons. The third-order valence-corrected chi connectivity index (χ3v) is 5.45. The van der Waals surface area contributed by atoms with Crippen LogP contribution in [0.15, 0.2) is 18.2 Å². The molecule has 1 heterocycles. The van der Waals surface area contributed by atoms with E-state index in [2.05, 4.69) is 5.32 Å². The number of nitrogens with zero attached hydrogens (tertiary/aromatic N) is 2. The molecule has 3 rings (SSSR count). The lowest BCUT2D eigenvalue weighted by Gasteiger charge is -2.37. The van der Waals surface area contributed by atoms with Crippen LogP contribution in [0.1, 0.15) is 31.2 Å². The van der Waals surface area contributed by atoms with E-state index in [9.17, 15) is 15.2 Å². The van der Waals surface area contributed by atoms with Crippen LogP contribution in [0.4, 0.5) is 11.4 Å². The van der Waals surface area contributed by atoms with Gasteiger partial charge in [-0.05, 0) is 37.8 Å². The lowest BCUT2D eigenvalue weighted by Crippen LogP contribution is -2.40. The predicted molar refractivity (Wildman–Crippen MR) is 87.5 cm³/mol. The standard InChI is InChI=1S/C17H21N3O4/c18-10-12-1-2-15(20(22)23)14(9-12)19-11-13-3-4-17(16(13)21)5-7-24-8-6-17/h1-2,9,13,16,19,21H,3-8,11H2/t13-,16-/m1/s1. The highest BCUT2D eigenvalue weighted by Crippen LogP contribution is 2.48. The molecule has 1 aliphatic heterocycles. The zero-order chi connectivity index (χ0) is 17.2. The number of nitro benzene ring substituents is 1. The van der Waals surface area contributed by atoms with E-state index in [4.69, 9.17) is 10.00 Å². The Morgan fingerprint density at radius 1 is 1.42 bits per heavy atom. The maximum Gasteiger partial charge on any atom is 0.292 e. The van der Waals surface area contributed by atoms with Gasteiger partial charge in [0, 0.05) is 37.2 Å². The normalized spacial score (nSPS) is 25.3. The quantitative estimate of drug-likeness (QED) is 0.648. The molecule has 0 unspecified atom stereocenters. The second-order valence-electron chi connectivity index (χ2n) is 6.70. The molecule has 7 nitrogen and oxygen atoms in total. The molecule has 2 fully saturated rings. The van der Waals surface area contributed by atoms with Crippen molar-refractivity contribution in [2.45, 2.75) is 31.8 Å². The van der Waals surface area contributed by atoms with E-state index >= 15 is 0 Å². The largest absolute Gasteiger partial charge is 0.392 e. The Labute approximate surface area is 140 Å². The number of nitriles is 1. The van der Waals surface area contributed by atoms with Crippen molar-refractivity contribution < 1.29 is 14.8 Å². The Kier molecular flexibility index (Phi) is 4.69. The highest BCUT2D eigenvalue weighted by molar-refractivity contribution is 5.64. The maximum absolute atomic E-state index is 11.1. The minimum atomic E-state index is -0.464. The maximum atomic E-state index is 11.1. The lowest BCUT2D eigenvalue weighted by molar-refractivity contribution is -0.384. The molecule has 1 saturated carbocycles. The molecule has 7 heteroatoms. The molecular formula is C17H21N3O4. The Balaban J connectivity index is 1.70. The molecule has 0 bridgehead atoms. The molecule has 0 aromatic heterocycles. The van der Waals surface area contributed by atoms with Gasteiger partial charge in [-0.1, -0.05) is 0 Å². The van der Waals surface area contributed by atoms with Crippen molar-refractivity contribution in [2.24, 2.45) is 11.3 Å². The number of anilines is 1. The van der Waals surface area contributed by atoms with Gasteiger partial charge in [-0.25, -0.2) is 0 Å². The average Bonchev–Trinajstić information content (AvgIpc) is 2.89. The first-order valence-corrected chi connectivity index (χ1v) is 8.24. The average molecular weight is 331 g/mol. The highest BCUT2D eigenvalue weighted by atomic mass is 16.6. The van der Waals surface area contributed by atoms with Gasteiger partial charge in [-0.15, -0.1) is 0 Å². The van der Waals surface area contributed by atoms with Crippen molar-refractivity contribution >= 4 is 11.4 Å². The van der Waals surface area contributed by atoms with Crippen molar-refractivity contribution in [3.63, 3.8) is 0 Å². The molecule has 2 N–H and O–H groups in total. The minimum absolute atomic E-state index is 0.0495. The number of nitrogens with one attached hydrogen (secondary N) is 1. The molecule has 128 valence electrons. The van der Waals surface area contributed by atoms with Crippen molar-refractivity contribution in [3.8, 4) is 6.07 Å². The summed E-state index contributed by atoms with van der Waals surface area (Å²) in [6.07, 6.45) is 3.17. The first-order chi connectivity index (χ1) is 11.6. The Hall–Kier alpha value is -2.17. The molecule has 2 atom stereocenters. The van der Waals surface area contributed by atoms with Crippen LogP contribution in [-0.4, -0.2) is 35.9 Å². The summed E-state index contributed by atoms with van der Waals surface area (Å²) in [4.78, 5) is 10.7. The van der Waals surface area contributed by atoms with Crippen LogP contribution in [0.5, 0.6) is 0 Å². The first-order valence-electron chi connectivity index (χ1n) is 8.24. The third kappa shape index (κ3) is 3.07. The number of hydrogen-bond acceptors (Lipinski definition) is 6. The SMILES string of the molecule is N#Cc1ccc([N+](=O)[O-])c(NC[C@H]2CCC3(CCOCC3)[C@@H]2O)c1. The number of aliphatic hydroxyl groups is 1. The smallest absolute Gasteiger partial charge is 0.292 e. The van der Waals surface area contributed by atoms with E-state index in [0.29, 0.717) is 31.0 Å².